The molecule has 0 heterocycles. The normalized spacial score (nSPS) is 9.36. The molecule has 4 nitrogen and oxygen atoms in total. The number of halogens is 1. The van der Waals surface area contributed by atoms with E-state index >= 15 is 0 Å². The van der Waals surface area contributed by atoms with E-state index in [1.165, 1.54) is 0 Å². The van der Waals surface area contributed by atoms with Gasteiger partial charge in [-0.25, -0.2) is 0 Å². The van der Waals surface area contributed by atoms with Gasteiger partial charge in [0.25, 0.3) is 0 Å². The molecule has 68 valence electrons. The number of hydrogen-bond donors (Lipinski definition) is 2. The maximum atomic E-state index is 6.99. The molecule has 3 N–H and O–H groups in total. The highest BCUT2D eigenvalue weighted by molar-refractivity contribution is 5.85. The first-order chi connectivity index (χ1) is 4.72. The molecule has 0 aliphatic rings. The summed E-state index contributed by atoms with van der Waals surface area (Å²) in [7, 11) is 0. The van der Waals surface area contributed by atoms with Crippen LogP contribution in [0.15, 0.2) is 0 Å². The Hall–Kier alpha value is -0.320. The van der Waals surface area contributed by atoms with Gasteiger partial charge < -0.3 is 15.2 Å². The Morgan fingerprint density at radius 3 is 1.91 bits per heavy atom. The number of ether oxygens (including phenoxy) is 2. The first kappa shape index (κ1) is 13.3. The van der Waals surface area contributed by atoms with Crippen LogP contribution in [0.25, 0.3) is 0 Å². The van der Waals surface area contributed by atoms with E-state index in [0.29, 0.717) is 13.2 Å². The van der Waals surface area contributed by atoms with E-state index in [1.807, 2.05) is 13.8 Å². The van der Waals surface area contributed by atoms with Gasteiger partial charge in [0.2, 0.25) is 6.29 Å². The smallest absolute Gasteiger partial charge is 0.216 e. The Morgan fingerprint density at radius 2 is 1.73 bits per heavy atom. The van der Waals surface area contributed by atoms with Crippen LogP contribution in [0.5, 0.6) is 0 Å². The number of rotatable bonds is 5. The van der Waals surface area contributed by atoms with Crippen molar-refractivity contribution in [1.82, 2.24) is 0 Å². The number of nitrogens with two attached hydrogens (primary N) is 1. The van der Waals surface area contributed by atoms with Crippen molar-refractivity contribution in [2.24, 2.45) is 5.73 Å². The molecule has 0 spiro atoms. The molecule has 0 aromatic carbocycles. The maximum absolute atomic E-state index is 6.99. The summed E-state index contributed by atoms with van der Waals surface area (Å²) >= 11 is 0. The molecule has 0 saturated carbocycles. The molecule has 0 fully saturated rings. The topological polar surface area (TPSA) is 68.3 Å². The fourth-order valence-corrected chi connectivity index (χ4v) is 0.530. The quantitative estimate of drug-likeness (QED) is 0.375. The van der Waals surface area contributed by atoms with Gasteiger partial charge in [0.1, 0.15) is 5.84 Å². The minimum atomic E-state index is -0.657. The second-order valence-electron chi connectivity index (χ2n) is 1.70. The SMILES string of the molecule is CCOC(OCC)C(=N)N.Cl. The number of hydrogen-bond acceptors (Lipinski definition) is 3. The first-order valence-corrected chi connectivity index (χ1v) is 3.29. The van der Waals surface area contributed by atoms with E-state index in [1.54, 1.807) is 0 Å². The molecule has 0 bridgehead atoms. The molecule has 11 heavy (non-hydrogen) atoms. The molecule has 0 unspecified atom stereocenters. The zero-order valence-electron chi connectivity index (χ0n) is 6.79. The van der Waals surface area contributed by atoms with Crippen molar-refractivity contribution in [3.8, 4) is 0 Å². The summed E-state index contributed by atoms with van der Waals surface area (Å²) in [5, 5.41) is 6.99. The van der Waals surface area contributed by atoms with E-state index in [-0.39, 0.29) is 18.2 Å². The van der Waals surface area contributed by atoms with Gasteiger partial charge in [-0.1, -0.05) is 0 Å². The van der Waals surface area contributed by atoms with E-state index in [0.717, 1.165) is 0 Å². The average molecular weight is 183 g/mol. The molecule has 0 atom stereocenters. The van der Waals surface area contributed by atoms with Crippen molar-refractivity contribution in [3.63, 3.8) is 0 Å². The van der Waals surface area contributed by atoms with Gasteiger partial charge in [0, 0.05) is 13.2 Å². The van der Waals surface area contributed by atoms with Crippen LogP contribution in [0.3, 0.4) is 0 Å². The Morgan fingerprint density at radius 1 is 1.36 bits per heavy atom. The van der Waals surface area contributed by atoms with E-state index < -0.39 is 6.29 Å². The number of amidine groups is 1. The largest absolute Gasteiger partial charge is 0.383 e. The van der Waals surface area contributed by atoms with Crippen LogP contribution in [0.2, 0.25) is 0 Å². The molecule has 0 aliphatic heterocycles. The Balaban J connectivity index is 0. The molecule has 0 radical (unpaired) electrons. The lowest BCUT2D eigenvalue weighted by atomic mass is 10.6. The minimum absolute atomic E-state index is 0. The van der Waals surface area contributed by atoms with Crippen LogP contribution >= 0.6 is 12.4 Å². The molecule has 0 saturated heterocycles. The van der Waals surface area contributed by atoms with Gasteiger partial charge in [0.15, 0.2) is 0 Å². The van der Waals surface area contributed by atoms with Crippen LogP contribution < -0.4 is 5.73 Å². The predicted octanol–water partition coefficient (Wildman–Crippen LogP) is 0.743. The highest BCUT2D eigenvalue weighted by Gasteiger charge is 2.09. The first-order valence-electron chi connectivity index (χ1n) is 3.29. The van der Waals surface area contributed by atoms with Crippen molar-refractivity contribution in [1.29, 1.82) is 5.41 Å². The Labute approximate surface area is 73.0 Å². The third kappa shape index (κ3) is 6.09. The van der Waals surface area contributed by atoms with Crippen LogP contribution in [-0.2, 0) is 9.47 Å². The van der Waals surface area contributed by atoms with Gasteiger partial charge in [-0.3, -0.25) is 5.41 Å². The lowest BCUT2D eigenvalue weighted by Crippen LogP contribution is -2.33. The van der Waals surface area contributed by atoms with Crippen molar-refractivity contribution >= 4 is 18.2 Å². The molecule has 0 amide bonds. The number of nitrogens with one attached hydrogen (secondary N) is 1. The lowest BCUT2D eigenvalue weighted by molar-refractivity contribution is -0.0911. The van der Waals surface area contributed by atoms with Crippen molar-refractivity contribution in [2.45, 2.75) is 20.1 Å². The van der Waals surface area contributed by atoms with Gasteiger partial charge >= 0.3 is 0 Å². The third-order valence-corrected chi connectivity index (χ3v) is 0.890. The highest BCUT2D eigenvalue weighted by atomic mass is 35.5. The molecular formula is C6H15ClN2O2. The van der Waals surface area contributed by atoms with Gasteiger partial charge in [0.05, 0.1) is 0 Å². The highest BCUT2D eigenvalue weighted by Crippen LogP contribution is 1.92. The molecular weight excluding hydrogens is 168 g/mol. The minimum Gasteiger partial charge on any atom is -0.383 e. The second-order valence-corrected chi connectivity index (χ2v) is 1.70. The summed E-state index contributed by atoms with van der Waals surface area (Å²) in [6.07, 6.45) is -0.657. The van der Waals surface area contributed by atoms with Crippen molar-refractivity contribution in [3.05, 3.63) is 0 Å². The molecule has 0 rings (SSSR count). The van der Waals surface area contributed by atoms with Crippen LogP contribution in [-0.4, -0.2) is 25.3 Å². The standard InChI is InChI=1S/C6H14N2O2.ClH/c1-3-9-6(5(7)8)10-4-2;/h6H,3-4H2,1-2H3,(H3,7,8);1H. The monoisotopic (exact) mass is 182 g/mol. The van der Waals surface area contributed by atoms with E-state index in [9.17, 15) is 0 Å². The van der Waals surface area contributed by atoms with Crippen LogP contribution in [0.1, 0.15) is 13.8 Å². The van der Waals surface area contributed by atoms with Gasteiger partial charge in [-0.15, -0.1) is 12.4 Å². The van der Waals surface area contributed by atoms with E-state index in [2.05, 4.69) is 0 Å². The summed E-state index contributed by atoms with van der Waals surface area (Å²) in [5.41, 5.74) is 5.14. The lowest BCUT2D eigenvalue weighted by Gasteiger charge is -2.14. The summed E-state index contributed by atoms with van der Waals surface area (Å²) < 4.78 is 9.94. The predicted molar refractivity (Wildman–Crippen MR) is 46.2 cm³/mol. The van der Waals surface area contributed by atoms with Gasteiger partial charge in [-0.2, -0.15) is 0 Å². The third-order valence-electron chi connectivity index (χ3n) is 0.890. The fourth-order valence-electron chi connectivity index (χ4n) is 0.530. The molecule has 5 heteroatoms. The second kappa shape index (κ2) is 7.78. The van der Waals surface area contributed by atoms with Crippen molar-refractivity contribution in [2.75, 3.05) is 13.2 Å². The summed E-state index contributed by atoms with van der Waals surface area (Å²) in [4.78, 5) is 0. The summed E-state index contributed by atoms with van der Waals surface area (Å²) in [6, 6.07) is 0. The van der Waals surface area contributed by atoms with Crippen LogP contribution in [0, 0.1) is 5.41 Å². The Kier molecular flexibility index (Phi) is 9.40. The zero-order chi connectivity index (χ0) is 7.98. The fraction of sp³-hybridized carbons (Fsp3) is 0.833. The zero-order valence-corrected chi connectivity index (χ0v) is 7.61. The van der Waals surface area contributed by atoms with E-state index in [4.69, 9.17) is 20.6 Å². The molecule has 0 aliphatic carbocycles. The van der Waals surface area contributed by atoms with Crippen molar-refractivity contribution < 1.29 is 9.47 Å². The summed E-state index contributed by atoms with van der Waals surface area (Å²) in [6.45, 7) is 4.67. The molecule has 0 aromatic heterocycles. The van der Waals surface area contributed by atoms with Crippen LogP contribution in [0.4, 0.5) is 0 Å². The average Bonchev–Trinajstić information content (AvgIpc) is 1.87. The molecule has 0 aromatic rings. The Bertz CT molecular complexity index is 105. The summed E-state index contributed by atoms with van der Waals surface area (Å²) in [5.74, 6) is -0.0799. The maximum Gasteiger partial charge on any atom is 0.216 e. The van der Waals surface area contributed by atoms with Gasteiger partial charge in [-0.05, 0) is 13.8 Å².